The van der Waals surface area contributed by atoms with E-state index in [0.29, 0.717) is 0 Å². The van der Waals surface area contributed by atoms with Crippen molar-refractivity contribution in [3.8, 4) is 0 Å². The van der Waals surface area contributed by atoms with E-state index in [1.807, 2.05) is 0 Å². The number of rotatable bonds is 4. The Balaban J connectivity index is 1.78. The van der Waals surface area contributed by atoms with Gasteiger partial charge in [-0.25, -0.2) is 0 Å². The van der Waals surface area contributed by atoms with E-state index in [9.17, 15) is 0 Å². The molecule has 0 bridgehead atoms. The molecule has 0 aromatic heterocycles. The van der Waals surface area contributed by atoms with Crippen molar-refractivity contribution in [3.05, 3.63) is 41.0 Å². The molecule has 2 saturated carbocycles. The Kier molecular flexibility index (Phi) is 4.03. The van der Waals surface area contributed by atoms with E-state index in [4.69, 9.17) is 5.73 Å². The molecule has 0 atom stereocenters. The Labute approximate surface area is 116 Å². The first-order valence-electron chi connectivity index (χ1n) is 7.87. The zero-order valence-corrected chi connectivity index (χ0v) is 11.8. The minimum Gasteiger partial charge on any atom is -0.327 e. The Hall–Kier alpha value is -1.08. The van der Waals surface area contributed by atoms with Crippen LogP contribution in [0.3, 0.4) is 0 Å². The SMILES string of the molecule is NCC(=Cc1cccc(C2CC2)c1)C1CCCCC1. The first-order valence-corrected chi connectivity index (χ1v) is 7.87. The van der Waals surface area contributed by atoms with Crippen LogP contribution in [0.15, 0.2) is 29.8 Å². The molecule has 19 heavy (non-hydrogen) atoms. The number of hydrogen-bond donors (Lipinski definition) is 1. The molecular formula is C18H25N. The van der Waals surface area contributed by atoms with Crippen LogP contribution in [0.1, 0.15) is 62.0 Å². The molecule has 1 aromatic rings. The molecule has 1 heteroatoms. The molecule has 1 nitrogen and oxygen atoms in total. The molecule has 0 saturated heterocycles. The van der Waals surface area contributed by atoms with Crippen LogP contribution in [0.2, 0.25) is 0 Å². The highest BCUT2D eigenvalue weighted by Gasteiger charge is 2.23. The van der Waals surface area contributed by atoms with Gasteiger partial charge >= 0.3 is 0 Å². The van der Waals surface area contributed by atoms with Gasteiger partial charge in [-0.3, -0.25) is 0 Å². The average molecular weight is 255 g/mol. The van der Waals surface area contributed by atoms with Gasteiger partial charge in [-0.1, -0.05) is 55.2 Å². The largest absolute Gasteiger partial charge is 0.327 e. The third-order valence-corrected chi connectivity index (χ3v) is 4.68. The van der Waals surface area contributed by atoms with Crippen LogP contribution in [0.4, 0.5) is 0 Å². The van der Waals surface area contributed by atoms with Gasteiger partial charge in [0, 0.05) is 6.54 Å². The molecule has 2 aliphatic rings. The van der Waals surface area contributed by atoms with E-state index in [1.54, 1.807) is 0 Å². The summed E-state index contributed by atoms with van der Waals surface area (Å²) in [4.78, 5) is 0. The van der Waals surface area contributed by atoms with E-state index in [1.165, 1.54) is 61.6 Å². The molecule has 1 aromatic carbocycles. The summed E-state index contributed by atoms with van der Waals surface area (Å²) in [6.07, 6.45) is 12.0. The molecule has 3 rings (SSSR count). The molecule has 102 valence electrons. The zero-order chi connectivity index (χ0) is 13.1. The molecule has 0 heterocycles. The second-order valence-corrected chi connectivity index (χ2v) is 6.20. The second-order valence-electron chi connectivity index (χ2n) is 6.20. The Morgan fingerprint density at radius 2 is 1.89 bits per heavy atom. The minimum absolute atomic E-state index is 0.721. The smallest absolute Gasteiger partial charge is 0.0142 e. The normalized spacial score (nSPS) is 21.6. The van der Waals surface area contributed by atoms with Gasteiger partial charge in [0.2, 0.25) is 0 Å². The third-order valence-electron chi connectivity index (χ3n) is 4.68. The molecule has 0 radical (unpaired) electrons. The lowest BCUT2D eigenvalue weighted by atomic mass is 9.83. The van der Waals surface area contributed by atoms with Crippen LogP contribution in [0.25, 0.3) is 6.08 Å². The van der Waals surface area contributed by atoms with Gasteiger partial charge in [0.05, 0.1) is 0 Å². The van der Waals surface area contributed by atoms with Crippen LogP contribution in [0, 0.1) is 5.92 Å². The van der Waals surface area contributed by atoms with Gasteiger partial charge in [0.25, 0.3) is 0 Å². The zero-order valence-electron chi connectivity index (χ0n) is 11.8. The highest BCUT2D eigenvalue weighted by molar-refractivity contribution is 5.55. The van der Waals surface area contributed by atoms with Crippen molar-refractivity contribution in [2.75, 3.05) is 6.54 Å². The predicted octanol–water partition coefficient (Wildman–Crippen LogP) is 4.49. The predicted molar refractivity (Wildman–Crippen MR) is 82.0 cm³/mol. The second kappa shape index (κ2) is 5.92. The van der Waals surface area contributed by atoms with Crippen LogP contribution in [-0.2, 0) is 0 Å². The summed E-state index contributed by atoms with van der Waals surface area (Å²) in [6.45, 7) is 0.721. The highest BCUT2D eigenvalue weighted by Crippen LogP contribution is 2.40. The monoisotopic (exact) mass is 255 g/mol. The lowest BCUT2D eigenvalue weighted by Crippen LogP contribution is -2.16. The van der Waals surface area contributed by atoms with Gasteiger partial charge in [0.1, 0.15) is 0 Å². The van der Waals surface area contributed by atoms with E-state index in [-0.39, 0.29) is 0 Å². The maximum absolute atomic E-state index is 5.99. The first kappa shape index (κ1) is 12.9. The summed E-state index contributed by atoms with van der Waals surface area (Å²) in [5.74, 6) is 1.58. The summed E-state index contributed by atoms with van der Waals surface area (Å²) in [5.41, 5.74) is 10.3. The van der Waals surface area contributed by atoms with Crippen molar-refractivity contribution in [1.29, 1.82) is 0 Å². The van der Waals surface area contributed by atoms with E-state index in [0.717, 1.165) is 18.4 Å². The van der Waals surface area contributed by atoms with E-state index < -0.39 is 0 Å². The average Bonchev–Trinajstić information content (AvgIpc) is 3.31. The lowest BCUT2D eigenvalue weighted by molar-refractivity contribution is 0.401. The fourth-order valence-corrected chi connectivity index (χ4v) is 3.35. The van der Waals surface area contributed by atoms with Crippen LogP contribution in [0.5, 0.6) is 0 Å². The van der Waals surface area contributed by atoms with E-state index in [2.05, 4.69) is 30.3 Å². The summed E-state index contributed by atoms with van der Waals surface area (Å²) in [7, 11) is 0. The van der Waals surface area contributed by atoms with E-state index >= 15 is 0 Å². The molecular weight excluding hydrogens is 230 g/mol. The van der Waals surface area contributed by atoms with Crippen LogP contribution in [-0.4, -0.2) is 6.54 Å². The van der Waals surface area contributed by atoms with Gasteiger partial charge in [-0.15, -0.1) is 0 Å². The summed E-state index contributed by atoms with van der Waals surface area (Å²) >= 11 is 0. The molecule has 0 unspecified atom stereocenters. The van der Waals surface area contributed by atoms with Gasteiger partial charge in [-0.05, 0) is 48.6 Å². The van der Waals surface area contributed by atoms with Crippen molar-refractivity contribution in [1.82, 2.24) is 0 Å². The third kappa shape index (κ3) is 3.27. The Bertz CT molecular complexity index is 451. The number of benzene rings is 1. The summed E-state index contributed by atoms with van der Waals surface area (Å²) in [6, 6.07) is 9.08. The maximum atomic E-state index is 5.99. The molecule has 2 aliphatic carbocycles. The number of hydrogen-bond acceptors (Lipinski definition) is 1. The topological polar surface area (TPSA) is 26.0 Å². The number of nitrogens with two attached hydrogens (primary N) is 1. The molecule has 0 amide bonds. The van der Waals surface area contributed by atoms with Crippen molar-refractivity contribution < 1.29 is 0 Å². The maximum Gasteiger partial charge on any atom is 0.0142 e. The summed E-state index contributed by atoms with van der Waals surface area (Å²) in [5, 5.41) is 0. The Morgan fingerprint density at radius 3 is 2.58 bits per heavy atom. The van der Waals surface area contributed by atoms with Crippen molar-refractivity contribution >= 4 is 6.08 Å². The van der Waals surface area contributed by atoms with Gasteiger partial charge in [0.15, 0.2) is 0 Å². The lowest BCUT2D eigenvalue weighted by Gasteiger charge is -2.24. The molecule has 2 fully saturated rings. The van der Waals surface area contributed by atoms with Crippen LogP contribution < -0.4 is 5.73 Å². The quantitative estimate of drug-likeness (QED) is 0.843. The minimum atomic E-state index is 0.721. The first-order chi connectivity index (χ1) is 9.36. The van der Waals surface area contributed by atoms with Gasteiger partial charge in [-0.2, -0.15) is 0 Å². The van der Waals surface area contributed by atoms with Gasteiger partial charge < -0.3 is 5.73 Å². The molecule has 0 spiro atoms. The van der Waals surface area contributed by atoms with Crippen molar-refractivity contribution in [3.63, 3.8) is 0 Å². The van der Waals surface area contributed by atoms with Crippen LogP contribution >= 0.6 is 0 Å². The standard InChI is InChI=1S/C18H25N/c19-13-18(15-6-2-1-3-7-15)12-14-5-4-8-17(11-14)16-9-10-16/h4-5,8,11-12,15-16H,1-3,6-7,9-10,13,19H2. The molecule has 0 aliphatic heterocycles. The molecule has 2 N–H and O–H groups in total. The summed E-state index contributed by atoms with van der Waals surface area (Å²) < 4.78 is 0. The van der Waals surface area contributed by atoms with Crippen molar-refractivity contribution in [2.45, 2.75) is 50.9 Å². The fourth-order valence-electron chi connectivity index (χ4n) is 3.35. The van der Waals surface area contributed by atoms with Crippen molar-refractivity contribution in [2.24, 2.45) is 11.7 Å². The fraction of sp³-hybridized carbons (Fsp3) is 0.556. The highest BCUT2D eigenvalue weighted by atomic mass is 14.5. The Morgan fingerprint density at radius 1 is 1.11 bits per heavy atom.